The first-order valence-electron chi connectivity index (χ1n) is 10.8. The number of anilines is 1. The Kier molecular flexibility index (Phi) is 8.06. The van der Waals surface area contributed by atoms with Crippen LogP contribution < -0.4 is 10.5 Å². The number of benzene rings is 1. The van der Waals surface area contributed by atoms with E-state index in [1.807, 2.05) is 0 Å². The molecule has 1 amide bonds. The molecule has 0 radical (unpaired) electrons. The largest absolute Gasteiger partial charge is 0.326 e. The molecule has 1 aromatic rings. The van der Waals surface area contributed by atoms with Gasteiger partial charge in [-0.1, -0.05) is 18.9 Å². The highest BCUT2D eigenvalue weighted by molar-refractivity contribution is 7.89. The molecule has 2 fully saturated rings. The van der Waals surface area contributed by atoms with Crippen LogP contribution in [0.15, 0.2) is 29.2 Å². The number of sulfonamides is 1. The molecule has 0 spiro atoms. The third-order valence-corrected chi connectivity index (χ3v) is 6.93. The first-order valence-corrected chi connectivity index (χ1v) is 12.3. The van der Waals surface area contributed by atoms with Gasteiger partial charge in [-0.3, -0.25) is 4.79 Å². The van der Waals surface area contributed by atoms with Gasteiger partial charge in [0.2, 0.25) is 15.9 Å². The molecule has 162 valence electrons. The van der Waals surface area contributed by atoms with Crippen LogP contribution in [0, 0.1) is 5.92 Å². The molecular formula is C21H34N4O3S. The lowest BCUT2D eigenvalue weighted by molar-refractivity contribution is -0.116. The van der Waals surface area contributed by atoms with E-state index in [4.69, 9.17) is 5.14 Å². The summed E-state index contributed by atoms with van der Waals surface area (Å²) in [5, 5.41) is 7.91. The molecule has 0 unspecified atom stereocenters. The van der Waals surface area contributed by atoms with Crippen molar-refractivity contribution in [3.63, 3.8) is 0 Å². The molecule has 2 heterocycles. The third-order valence-electron chi connectivity index (χ3n) is 6.02. The summed E-state index contributed by atoms with van der Waals surface area (Å²) in [7, 11) is -3.77. The molecule has 7 nitrogen and oxygen atoms in total. The van der Waals surface area contributed by atoms with Crippen LogP contribution in [0.25, 0.3) is 0 Å². The fourth-order valence-corrected chi connectivity index (χ4v) is 4.87. The van der Waals surface area contributed by atoms with Crippen molar-refractivity contribution in [3.05, 3.63) is 24.3 Å². The van der Waals surface area contributed by atoms with E-state index in [0.29, 0.717) is 12.1 Å². The van der Waals surface area contributed by atoms with Crippen LogP contribution >= 0.6 is 0 Å². The molecule has 0 aliphatic carbocycles. The Bertz CT molecular complexity index is 768. The van der Waals surface area contributed by atoms with Gasteiger partial charge >= 0.3 is 0 Å². The fourth-order valence-electron chi connectivity index (χ4n) is 4.31. The van der Waals surface area contributed by atoms with Crippen LogP contribution in [-0.4, -0.2) is 63.4 Å². The first-order chi connectivity index (χ1) is 13.9. The average Bonchev–Trinajstić information content (AvgIpc) is 2.96. The maximum absolute atomic E-state index is 12.3. The number of nitrogens with zero attached hydrogens (tertiary/aromatic N) is 2. The van der Waals surface area contributed by atoms with Crippen molar-refractivity contribution in [2.24, 2.45) is 11.1 Å². The van der Waals surface area contributed by atoms with Gasteiger partial charge in [-0.05, 0) is 76.0 Å². The molecule has 3 rings (SSSR count). The predicted octanol–water partition coefficient (Wildman–Crippen LogP) is 2.25. The summed E-state index contributed by atoms with van der Waals surface area (Å²) in [6.07, 6.45) is 8.24. The van der Waals surface area contributed by atoms with Gasteiger partial charge in [0.25, 0.3) is 0 Å². The van der Waals surface area contributed by atoms with Crippen LogP contribution in [0.2, 0.25) is 0 Å². The van der Waals surface area contributed by atoms with E-state index in [0.717, 1.165) is 25.6 Å². The number of carbonyl (C=O) groups is 1. The fraction of sp³-hybridized carbons (Fsp3) is 0.667. The third kappa shape index (κ3) is 7.37. The summed E-state index contributed by atoms with van der Waals surface area (Å²) in [6.45, 7) is 6.57. The minimum atomic E-state index is -3.77. The standard InChI is InChI=1S/C21H34N4O3S/c22-29(27,28)20-7-5-6-19(16-20)23-21(26)10-15-24-13-8-18(9-14-24)17-25-11-3-1-2-4-12-25/h5-7,16,18H,1-4,8-15,17H2,(H,23,26)(H2,22,27,28). The summed E-state index contributed by atoms with van der Waals surface area (Å²) in [4.78, 5) is 17.3. The zero-order valence-corrected chi connectivity index (χ0v) is 18.0. The molecule has 8 heteroatoms. The molecule has 0 aromatic heterocycles. The van der Waals surface area contributed by atoms with Crippen molar-refractivity contribution in [1.82, 2.24) is 9.80 Å². The van der Waals surface area contributed by atoms with E-state index in [-0.39, 0.29) is 10.8 Å². The Balaban J connectivity index is 1.37. The average molecular weight is 423 g/mol. The van der Waals surface area contributed by atoms with Crippen molar-refractivity contribution in [2.75, 3.05) is 44.6 Å². The van der Waals surface area contributed by atoms with Crippen molar-refractivity contribution in [3.8, 4) is 0 Å². The summed E-state index contributed by atoms with van der Waals surface area (Å²) in [5.41, 5.74) is 0.456. The number of hydrogen-bond donors (Lipinski definition) is 2. The van der Waals surface area contributed by atoms with Gasteiger partial charge in [0.1, 0.15) is 0 Å². The van der Waals surface area contributed by atoms with Crippen LogP contribution in [0.5, 0.6) is 0 Å². The number of carbonyl (C=O) groups excluding carboxylic acids is 1. The summed E-state index contributed by atoms with van der Waals surface area (Å²) >= 11 is 0. The van der Waals surface area contributed by atoms with E-state index >= 15 is 0 Å². The normalized spacial score (nSPS) is 20.3. The van der Waals surface area contributed by atoms with Crippen molar-refractivity contribution >= 4 is 21.6 Å². The van der Waals surface area contributed by atoms with E-state index < -0.39 is 10.0 Å². The minimum Gasteiger partial charge on any atom is -0.326 e. The van der Waals surface area contributed by atoms with E-state index in [1.165, 1.54) is 70.3 Å². The van der Waals surface area contributed by atoms with Crippen molar-refractivity contribution in [1.29, 1.82) is 0 Å². The van der Waals surface area contributed by atoms with Crippen molar-refractivity contribution in [2.45, 2.75) is 49.8 Å². The number of nitrogens with one attached hydrogen (secondary N) is 1. The number of hydrogen-bond acceptors (Lipinski definition) is 5. The number of amides is 1. The molecule has 3 N–H and O–H groups in total. The molecule has 2 aliphatic rings. The molecule has 0 bridgehead atoms. The highest BCUT2D eigenvalue weighted by atomic mass is 32.2. The zero-order chi connectivity index (χ0) is 20.7. The van der Waals surface area contributed by atoms with Gasteiger partial charge in [-0.25, -0.2) is 13.6 Å². The van der Waals surface area contributed by atoms with Crippen LogP contribution in [0.4, 0.5) is 5.69 Å². The van der Waals surface area contributed by atoms with Crippen LogP contribution in [-0.2, 0) is 14.8 Å². The highest BCUT2D eigenvalue weighted by Gasteiger charge is 2.22. The number of nitrogens with two attached hydrogens (primary N) is 1. The second kappa shape index (κ2) is 10.5. The van der Waals surface area contributed by atoms with Crippen LogP contribution in [0.3, 0.4) is 0 Å². The predicted molar refractivity (Wildman–Crippen MR) is 115 cm³/mol. The lowest BCUT2D eigenvalue weighted by Gasteiger charge is -2.34. The Morgan fingerprint density at radius 1 is 1.03 bits per heavy atom. The van der Waals surface area contributed by atoms with E-state index in [2.05, 4.69) is 15.1 Å². The van der Waals surface area contributed by atoms with Crippen molar-refractivity contribution < 1.29 is 13.2 Å². The van der Waals surface area contributed by atoms with E-state index in [9.17, 15) is 13.2 Å². The van der Waals surface area contributed by atoms with Crippen LogP contribution in [0.1, 0.15) is 44.9 Å². The molecule has 29 heavy (non-hydrogen) atoms. The second-order valence-corrected chi connectivity index (χ2v) is 9.93. The monoisotopic (exact) mass is 422 g/mol. The van der Waals surface area contributed by atoms with Gasteiger partial charge in [-0.15, -0.1) is 0 Å². The van der Waals surface area contributed by atoms with E-state index in [1.54, 1.807) is 12.1 Å². The number of rotatable bonds is 7. The summed E-state index contributed by atoms with van der Waals surface area (Å²) in [5.74, 6) is 0.669. The maximum atomic E-state index is 12.3. The lowest BCUT2D eigenvalue weighted by atomic mass is 9.96. The van der Waals surface area contributed by atoms with Gasteiger partial charge < -0.3 is 15.1 Å². The second-order valence-electron chi connectivity index (χ2n) is 8.37. The smallest absolute Gasteiger partial charge is 0.238 e. The Labute approximate surface area is 174 Å². The molecule has 2 saturated heterocycles. The topological polar surface area (TPSA) is 95.7 Å². The zero-order valence-electron chi connectivity index (χ0n) is 17.2. The Morgan fingerprint density at radius 2 is 1.72 bits per heavy atom. The number of primary sulfonamides is 1. The number of likely N-dealkylation sites (tertiary alicyclic amines) is 2. The number of piperidine rings is 1. The molecule has 0 atom stereocenters. The SMILES string of the molecule is NS(=O)(=O)c1cccc(NC(=O)CCN2CCC(CN3CCCCCC3)CC2)c1. The molecule has 1 aromatic carbocycles. The van der Waals surface area contributed by atoms with Gasteiger partial charge in [0, 0.05) is 25.2 Å². The quantitative estimate of drug-likeness (QED) is 0.703. The maximum Gasteiger partial charge on any atom is 0.238 e. The Hall–Kier alpha value is -1.48. The van der Waals surface area contributed by atoms with Gasteiger partial charge in [-0.2, -0.15) is 0 Å². The van der Waals surface area contributed by atoms with Gasteiger partial charge in [0.05, 0.1) is 4.90 Å². The Morgan fingerprint density at radius 3 is 2.38 bits per heavy atom. The van der Waals surface area contributed by atoms with Gasteiger partial charge in [0.15, 0.2) is 0 Å². The molecule has 0 saturated carbocycles. The minimum absolute atomic E-state index is 0.00165. The lowest BCUT2D eigenvalue weighted by Crippen LogP contribution is -2.40. The molecule has 2 aliphatic heterocycles. The summed E-state index contributed by atoms with van der Waals surface area (Å²) < 4.78 is 22.9. The molecular weight excluding hydrogens is 388 g/mol. The summed E-state index contributed by atoms with van der Waals surface area (Å²) in [6, 6.07) is 6.05. The highest BCUT2D eigenvalue weighted by Crippen LogP contribution is 2.21. The first kappa shape index (κ1) is 22.2.